The maximum absolute atomic E-state index is 3.16. The molecule has 58 valence electrons. The molecule has 0 aliphatic heterocycles. The van der Waals surface area contributed by atoms with E-state index in [4.69, 9.17) is 0 Å². The highest BCUT2D eigenvalue weighted by Crippen LogP contribution is 1.94. The number of hydrogen-bond donors (Lipinski definition) is 0. The van der Waals surface area contributed by atoms with E-state index in [9.17, 15) is 0 Å². The van der Waals surface area contributed by atoms with E-state index in [1.54, 1.807) is 0 Å². The third-order valence-electron chi connectivity index (χ3n) is 1.21. The first kappa shape index (κ1) is 9.91. The van der Waals surface area contributed by atoms with Crippen LogP contribution in [0, 0.1) is 11.8 Å². The highest BCUT2D eigenvalue weighted by molar-refractivity contribution is 7.98. The van der Waals surface area contributed by atoms with Gasteiger partial charge in [0.15, 0.2) is 0 Å². The average Bonchev–Trinajstić information content (AvgIpc) is 1.97. The zero-order valence-electron chi connectivity index (χ0n) is 6.94. The Balaban J connectivity index is 2.98. The second-order valence-electron chi connectivity index (χ2n) is 2.20. The topological polar surface area (TPSA) is 0 Å². The lowest BCUT2D eigenvalue weighted by Crippen LogP contribution is -1.72. The van der Waals surface area contributed by atoms with Crippen molar-refractivity contribution >= 4 is 11.8 Å². The molecule has 0 heterocycles. The standard InChI is InChI=1S/C9H16S/c1-3-4-5-6-7-8-9-10-2/h3-5,8-9H2,1-2H3. The Morgan fingerprint density at radius 2 is 1.90 bits per heavy atom. The average molecular weight is 156 g/mol. The quantitative estimate of drug-likeness (QED) is 0.445. The summed E-state index contributed by atoms with van der Waals surface area (Å²) in [5.41, 5.74) is 0. The summed E-state index contributed by atoms with van der Waals surface area (Å²) in [6.45, 7) is 2.20. The fraction of sp³-hybridized carbons (Fsp3) is 0.778. The molecule has 10 heavy (non-hydrogen) atoms. The van der Waals surface area contributed by atoms with Crippen LogP contribution in [0.1, 0.15) is 32.6 Å². The number of hydrogen-bond acceptors (Lipinski definition) is 1. The monoisotopic (exact) mass is 156 g/mol. The zero-order valence-corrected chi connectivity index (χ0v) is 7.76. The third kappa shape index (κ3) is 7.91. The van der Waals surface area contributed by atoms with Crippen molar-refractivity contribution in [3.63, 3.8) is 0 Å². The summed E-state index contributed by atoms with van der Waals surface area (Å²) in [5, 5.41) is 0. The van der Waals surface area contributed by atoms with Gasteiger partial charge in [0.1, 0.15) is 0 Å². The van der Waals surface area contributed by atoms with E-state index in [1.807, 2.05) is 11.8 Å². The summed E-state index contributed by atoms with van der Waals surface area (Å²) in [6.07, 6.45) is 6.78. The van der Waals surface area contributed by atoms with Crippen molar-refractivity contribution < 1.29 is 0 Å². The van der Waals surface area contributed by atoms with Crippen LogP contribution in [0.5, 0.6) is 0 Å². The molecule has 0 bridgehead atoms. The Labute approximate surface area is 68.8 Å². The predicted molar refractivity (Wildman–Crippen MR) is 50.3 cm³/mol. The van der Waals surface area contributed by atoms with Crippen LogP contribution >= 0.6 is 11.8 Å². The van der Waals surface area contributed by atoms with Crippen molar-refractivity contribution in [1.82, 2.24) is 0 Å². The van der Waals surface area contributed by atoms with Crippen LogP contribution in [-0.2, 0) is 0 Å². The second-order valence-corrected chi connectivity index (χ2v) is 3.19. The molecule has 0 N–H and O–H groups in total. The van der Waals surface area contributed by atoms with Gasteiger partial charge in [-0.1, -0.05) is 13.3 Å². The van der Waals surface area contributed by atoms with Crippen molar-refractivity contribution in [2.45, 2.75) is 32.6 Å². The summed E-state index contributed by atoms with van der Waals surface area (Å²) in [5.74, 6) is 7.49. The molecule has 0 aromatic rings. The predicted octanol–water partition coefficient (Wildman–Crippen LogP) is 2.93. The van der Waals surface area contributed by atoms with Crippen molar-refractivity contribution in [3.8, 4) is 11.8 Å². The Kier molecular flexibility index (Phi) is 8.83. The molecule has 0 saturated heterocycles. The van der Waals surface area contributed by atoms with E-state index >= 15 is 0 Å². The van der Waals surface area contributed by atoms with Crippen LogP contribution in [0.2, 0.25) is 0 Å². The zero-order chi connectivity index (χ0) is 7.66. The molecule has 0 fully saturated rings. The van der Waals surface area contributed by atoms with Gasteiger partial charge in [-0.15, -0.1) is 11.8 Å². The first-order valence-electron chi connectivity index (χ1n) is 3.86. The van der Waals surface area contributed by atoms with E-state index in [0.717, 1.165) is 12.8 Å². The molecule has 0 nitrogen and oxygen atoms in total. The van der Waals surface area contributed by atoms with Gasteiger partial charge in [0, 0.05) is 18.6 Å². The molecule has 1 heteroatoms. The second kappa shape index (κ2) is 8.91. The van der Waals surface area contributed by atoms with Crippen molar-refractivity contribution in [2.75, 3.05) is 12.0 Å². The highest BCUT2D eigenvalue weighted by atomic mass is 32.2. The van der Waals surface area contributed by atoms with Gasteiger partial charge in [-0.3, -0.25) is 0 Å². The maximum Gasteiger partial charge on any atom is 0.0179 e. The third-order valence-corrected chi connectivity index (χ3v) is 1.82. The Morgan fingerprint density at radius 3 is 2.50 bits per heavy atom. The van der Waals surface area contributed by atoms with Crippen LogP contribution in [-0.4, -0.2) is 12.0 Å². The van der Waals surface area contributed by atoms with E-state index in [-0.39, 0.29) is 0 Å². The minimum atomic E-state index is 1.06. The fourth-order valence-electron chi connectivity index (χ4n) is 0.595. The molecule has 0 aromatic carbocycles. The van der Waals surface area contributed by atoms with Gasteiger partial charge in [-0.2, -0.15) is 11.8 Å². The normalized spacial score (nSPS) is 8.60. The molecule has 0 aliphatic rings. The summed E-state index contributed by atoms with van der Waals surface area (Å²) < 4.78 is 0. The van der Waals surface area contributed by atoms with Crippen LogP contribution in [0.4, 0.5) is 0 Å². The Bertz CT molecular complexity index is 95.6. The molecular weight excluding hydrogens is 140 g/mol. The minimum absolute atomic E-state index is 1.06. The molecule has 0 atom stereocenters. The van der Waals surface area contributed by atoms with Gasteiger partial charge in [0.25, 0.3) is 0 Å². The maximum atomic E-state index is 3.16. The number of thioether (sulfide) groups is 1. The van der Waals surface area contributed by atoms with Gasteiger partial charge >= 0.3 is 0 Å². The lowest BCUT2D eigenvalue weighted by Gasteiger charge is -1.85. The van der Waals surface area contributed by atoms with E-state index in [2.05, 4.69) is 25.0 Å². The van der Waals surface area contributed by atoms with Crippen molar-refractivity contribution in [3.05, 3.63) is 0 Å². The molecule has 0 saturated carbocycles. The van der Waals surface area contributed by atoms with Gasteiger partial charge in [0.2, 0.25) is 0 Å². The lowest BCUT2D eigenvalue weighted by atomic mass is 10.2. The summed E-state index contributed by atoms with van der Waals surface area (Å²) in [4.78, 5) is 0. The van der Waals surface area contributed by atoms with Gasteiger partial charge in [-0.05, 0) is 12.7 Å². The van der Waals surface area contributed by atoms with Crippen molar-refractivity contribution in [1.29, 1.82) is 0 Å². The van der Waals surface area contributed by atoms with Crippen LogP contribution in [0.25, 0.3) is 0 Å². The molecule has 0 aromatic heterocycles. The largest absolute Gasteiger partial charge is 0.164 e. The SMILES string of the molecule is CCCCC#CCCSC. The highest BCUT2D eigenvalue weighted by Gasteiger charge is 1.77. The summed E-state index contributed by atoms with van der Waals surface area (Å²) in [6, 6.07) is 0. The van der Waals surface area contributed by atoms with Crippen LogP contribution in [0.3, 0.4) is 0 Å². The van der Waals surface area contributed by atoms with Crippen molar-refractivity contribution in [2.24, 2.45) is 0 Å². The molecule has 0 unspecified atom stereocenters. The van der Waals surface area contributed by atoms with Gasteiger partial charge < -0.3 is 0 Å². The first-order valence-corrected chi connectivity index (χ1v) is 5.25. The van der Waals surface area contributed by atoms with Gasteiger partial charge in [-0.25, -0.2) is 0 Å². The summed E-state index contributed by atoms with van der Waals surface area (Å²) >= 11 is 1.86. The number of unbranched alkanes of at least 4 members (excludes halogenated alkanes) is 2. The van der Waals surface area contributed by atoms with Crippen LogP contribution in [0.15, 0.2) is 0 Å². The molecular formula is C9H16S. The minimum Gasteiger partial charge on any atom is -0.164 e. The summed E-state index contributed by atoms with van der Waals surface area (Å²) in [7, 11) is 0. The molecule has 0 radical (unpaired) electrons. The number of rotatable bonds is 4. The fourth-order valence-corrected chi connectivity index (χ4v) is 0.901. The van der Waals surface area contributed by atoms with E-state index in [1.165, 1.54) is 18.6 Å². The van der Waals surface area contributed by atoms with E-state index < -0.39 is 0 Å². The Hall–Kier alpha value is -0.0900. The molecule has 0 amide bonds. The lowest BCUT2D eigenvalue weighted by molar-refractivity contribution is 0.827. The molecule has 0 rings (SSSR count). The first-order chi connectivity index (χ1) is 4.91. The van der Waals surface area contributed by atoms with Gasteiger partial charge in [0.05, 0.1) is 0 Å². The Morgan fingerprint density at radius 1 is 1.20 bits per heavy atom. The molecule has 0 spiro atoms. The van der Waals surface area contributed by atoms with Crippen LogP contribution < -0.4 is 0 Å². The van der Waals surface area contributed by atoms with E-state index in [0.29, 0.717) is 0 Å². The molecule has 0 aliphatic carbocycles. The smallest absolute Gasteiger partial charge is 0.0179 e.